The molecule has 3 rings (SSSR count). The van der Waals surface area contributed by atoms with E-state index in [1.54, 1.807) is 4.90 Å². The minimum absolute atomic E-state index is 0.129. The second-order valence-corrected chi connectivity index (χ2v) is 7.93. The fourth-order valence-electron chi connectivity index (χ4n) is 3.60. The first-order valence-electron chi connectivity index (χ1n) is 8.87. The van der Waals surface area contributed by atoms with Crippen molar-refractivity contribution in [3.05, 3.63) is 35.4 Å². The maximum Gasteiger partial charge on any atom is 0.237 e. The summed E-state index contributed by atoms with van der Waals surface area (Å²) >= 11 is 1.84. The average Bonchev–Trinajstić information content (AvgIpc) is 2.90. The monoisotopic (exact) mass is 335 g/mol. The van der Waals surface area contributed by atoms with Crippen LogP contribution in [0.15, 0.2) is 24.3 Å². The van der Waals surface area contributed by atoms with Gasteiger partial charge in [0.05, 0.1) is 18.3 Å². The quantitative estimate of drug-likeness (QED) is 0.783. The number of carbonyl (C=O) groups is 1. The van der Waals surface area contributed by atoms with Gasteiger partial charge in [0.1, 0.15) is 31.6 Å². The topological polar surface area (TPSA) is 41.4 Å². The lowest BCUT2D eigenvalue weighted by Gasteiger charge is -2.28. The molecule has 0 bridgehead atoms. The van der Waals surface area contributed by atoms with Crippen LogP contribution in [0.25, 0.3) is 0 Å². The van der Waals surface area contributed by atoms with Crippen molar-refractivity contribution in [2.75, 3.05) is 39.3 Å². The molecule has 4 nitrogen and oxygen atoms in total. The van der Waals surface area contributed by atoms with E-state index in [1.807, 2.05) is 11.8 Å². The molecule has 1 aromatic carbocycles. The number of amides is 1. The Hall–Kier alpha value is -1.04. The van der Waals surface area contributed by atoms with Crippen LogP contribution in [0.5, 0.6) is 0 Å². The standard InChI is InChI=1S/C18H27N3OS/c1-3-16-17(22)21(13-12-20-10-8-19-9-11-20)18(23-16)15-7-5-4-6-14(15)2/h4-7,16,18-19H,3,8-13H2,1-2H3/p+2/t16-,18+/m1/s1. The number of rotatable bonds is 5. The predicted octanol–water partition coefficient (Wildman–Crippen LogP) is -0.190. The molecule has 5 heteroatoms. The van der Waals surface area contributed by atoms with Crippen LogP contribution < -0.4 is 10.2 Å². The molecule has 2 fully saturated rings. The summed E-state index contributed by atoms with van der Waals surface area (Å²) in [4.78, 5) is 16.6. The lowest BCUT2D eigenvalue weighted by atomic mass is 10.1. The third kappa shape index (κ3) is 3.73. The highest BCUT2D eigenvalue weighted by atomic mass is 32.2. The van der Waals surface area contributed by atoms with Gasteiger partial charge in [-0.3, -0.25) is 4.79 Å². The normalized spacial score (nSPS) is 26.0. The third-order valence-corrected chi connectivity index (χ3v) is 6.70. The molecule has 2 aliphatic heterocycles. The second-order valence-electron chi connectivity index (χ2n) is 6.64. The Balaban J connectivity index is 1.73. The van der Waals surface area contributed by atoms with E-state index in [2.05, 4.69) is 48.3 Å². The van der Waals surface area contributed by atoms with Gasteiger partial charge in [-0.2, -0.15) is 0 Å². The summed E-state index contributed by atoms with van der Waals surface area (Å²) in [5.74, 6) is 0.341. The number of nitrogens with zero attached hydrogens (tertiary/aromatic N) is 1. The van der Waals surface area contributed by atoms with Gasteiger partial charge >= 0.3 is 0 Å². The van der Waals surface area contributed by atoms with Gasteiger partial charge in [0, 0.05) is 0 Å². The molecule has 2 saturated heterocycles. The zero-order valence-electron chi connectivity index (χ0n) is 14.3. The summed E-state index contributed by atoms with van der Waals surface area (Å²) in [6.07, 6.45) is 0.925. The number of nitrogens with two attached hydrogens (primary N) is 1. The Labute approximate surface area is 143 Å². The molecule has 2 aliphatic rings. The molecule has 0 saturated carbocycles. The van der Waals surface area contributed by atoms with Crippen molar-refractivity contribution in [3.63, 3.8) is 0 Å². The Morgan fingerprint density at radius 2 is 2.04 bits per heavy atom. The van der Waals surface area contributed by atoms with Gasteiger partial charge < -0.3 is 15.1 Å². The highest BCUT2D eigenvalue weighted by molar-refractivity contribution is 8.01. The minimum atomic E-state index is 0.129. The lowest BCUT2D eigenvalue weighted by molar-refractivity contribution is -0.946. The summed E-state index contributed by atoms with van der Waals surface area (Å²) in [6, 6.07) is 8.52. The third-order valence-electron chi connectivity index (χ3n) is 5.07. The van der Waals surface area contributed by atoms with Crippen molar-refractivity contribution < 1.29 is 15.0 Å². The van der Waals surface area contributed by atoms with E-state index >= 15 is 0 Å². The Morgan fingerprint density at radius 3 is 2.74 bits per heavy atom. The van der Waals surface area contributed by atoms with Gasteiger partial charge in [-0.05, 0) is 24.5 Å². The minimum Gasteiger partial charge on any atom is -0.337 e. The van der Waals surface area contributed by atoms with Crippen molar-refractivity contribution in [1.82, 2.24) is 4.90 Å². The highest BCUT2D eigenvalue weighted by Crippen LogP contribution is 2.44. The number of carbonyl (C=O) groups excluding carboxylic acids is 1. The molecule has 0 unspecified atom stereocenters. The zero-order valence-corrected chi connectivity index (χ0v) is 15.1. The van der Waals surface area contributed by atoms with Gasteiger partial charge in [-0.25, -0.2) is 0 Å². The fourth-order valence-corrected chi connectivity index (χ4v) is 5.12. The van der Waals surface area contributed by atoms with Crippen LogP contribution in [-0.2, 0) is 4.79 Å². The zero-order chi connectivity index (χ0) is 16.2. The van der Waals surface area contributed by atoms with Crippen molar-refractivity contribution >= 4 is 17.7 Å². The SMILES string of the molecule is CC[C@H]1S[C@@H](c2ccccc2C)N(CC[NH+]2CC[NH2+]CC2)C1=O. The van der Waals surface area contributed by atoms with Crippen molar-refractivity contribution in [3.8, 4) is 0 Å². The van der Waals surface area contributed by atoms with E-state index in [0.717, 1.165) is 19.5 Å². The smallest absolute Gasteiger partial charge is 0.237 e. The maximum absolute atomic E-state index is 12.8. The number of nitrogens with one attached hydrogen (secondary N) is 1. The van der Waals surface area contributed by atoms with Crippen LogP contribution in [0.3, 0.4) is 0 Å². The number of hydrogen-bond acceptors (Lipinski definition) is 2. The van der Waals surface area contributed by atoms with Gasteiger partial charge in [-0.15, -0.1) is 11.8 Å². The van der Waals surface area contributed by atoms with Crippen molar-refractivity contribution in [2.24, 2.45) is 0 Å². The number of quaternary nitrogens is 2. The van der Waals surface area contributed by atoms with E-state index in [4.69, 9.17) is 0 Å². The molecule has 1 aromatic rings. The Bertz CT molecular complexity index is 545. The summed E-state index contributed by atoms with van der Waals surface area (Å²) in [5.41, 5.74) is 2.60. The van der Waals surface area contributed by atoms with Crippen LogP contribution in [0, 0.1) is 6.92 Å². The van der Waals surface area contributed by atoms with Crippen LogP contribution in [0.4, 0.5) is 0 Å². The second kappa shape index (κ2) is 7.69. The fraction of sp³-hybridized carbons (Fsp3) is 0.611. The number of aryl methyl sites for hydroxylation is 1. The molecule has 0 aliphatic carbocycles. The molecule has 2 heterocycles. The molecule has 1 amide bonds. The molecule has 0 spiro atoms. The summed E-state index contributed by atoms with van der Waals surface area (Å²) < 4.78 is 0. The summed E-state index contributed by atoms with van der Waals surface area (Å²) in [6.45, 7) is 11.1. The lowest BCUT2D eigenvalue weighted by Crippen LogP contribution is -3.20. The van der Waals surface area contributed by atoms with Crippen molar-refractivity contribution in [2.45, 2.75) is 30.9 Å². The number of thioether (sulfide) groups is 1. The van der Waals surface area contributed by atoms with Crippen LogP contribution >= 0.6 is 11.8 Å². The van der Waals surface area contributed by atoms with E-state index in [9.17, 15) is 4.79 Å². The molecule has 2 atom stereocenters. The van der Waals surface area contributed by atoms with Crippen LogP contribution in [0.1, 0.15) is 29.8 Å². The number of benzene rings is 1. The highest BCUT2D eigenvalue weighted by Gasteiger charge is 2.40. The molecule has 3 N–H and O–H groups in total. The van der Waals surface area contributed by atoms with E-state index in [-0.39, 0.29) is 10.6 Å². The van der Waals surface area contributed by atoms with Crippen LogP contribution in [-0.4, -0.2) is 55.3 Å². The summed E-state index contributed by atoms with van der Waals surface area (Å²) in [5, 5.41) is 2.72. The molecular weight excluding hydrogens is 306 g/mol. The van der Waals surface area contributed by atoms with Crippen molar-refractivity contribution in [1.29, 1.82) is 0 Å². The number of hydrogen-bond donors (Lipinski definition) is 2. The predicted molar refractivity (Wildman–Crippen MR) is 94.5 cm³/mol. The molecule has 0 aromatic heterocycles. The number of piperazine rings is 1. The van der Waals surface area contributed by atoms with Gasteiger partial charge in [-0.1, -0.05) is 31.2 Å². The molecule has 126 valence electrons. The van der Waals surface area contributed by atoms with E-state index in [0.29, 0.717) is 5.91 Å². The van der Waals surface area contributed by atoms with E-state index in [1.165, 1.54) is 37.3 Å². The molecule has 23 heavy (non-hydrogen) atoms. The largest absolute Gasteiger partial charge is 0.337 e. The first kappa shape index (κ1) is 16.8. The average molecular weight is 336 g/mol. The molecule has 0 radical (unpaired) electrons. The van der Waals surface area contributed by atoms with Gasteiger partial charge in [0.25, 0.3) is 0 Å². The van der Waals surface area contributed by atoms with E-state index < -0.39 is 0 Å². The Kier molecular flexibility index (Phi) is 5.62. The Morgan fingerprint density at radius 1 is 1.30 bits per heavy atom. The first-order valence-corrected chi connectivity index (χ1v) is 9.81. The maximum atomic E-state index is 12.8. The van der Waals surface area contributed by atoms with Crippen LogP contribution in [0.2, 0.25) is 0 Å². The van der Waals surface area contributed by atoms with Gasteiger partial charge in [0.15, 0.2) is 0 Å². The van der Waals surface area contributed by atoms with Gasteiger partial charge in [0.2, 0.25) is 5.91 Å². The molecular formula is C18H29N3OS+2. The summed E-state index contributed by atoms with van der Waals surface area (Å²) in [7, 11) is 0. The first-order chi connectivity index (χ1) is 11.2.